The van der Waals surface area contributed by atoms with Gasteiger partial charge in [-0.3, -0.25) is 4.79 Å². The number of aliphatic hydroxyl groups excluding tert-OH is 1. The van der Waals surface area contributed by atoms with Crippen LogP contribution in [0.25, 0.3) is 0 Å². The first-order chi connectivity index (χ1) is 4.48. The van der Waals surface area contributed by atoms with E-state index in [0.29, 0.717) is 0 Å². The van der Waals surface area contributed by atoms with Gasteiger partial charge in [-0.2, -0.15) is 0 Å². The molecule has 70 valence electrons. The van der Waals surface area contributed by atoms with Crippen molar-refractivity contribution in [3.63, 3.8) is 0 Å². The van der Waals surface area contributed by atoms with Crippen molar-refractivity contribution in [2.24, 2.45) is 5.73 Å². The molecule has 0 aliphatic carbocycles. The molecule has 0 radical (unpaired) electrons. The van der Waals surface area contributed by atoms with Crippen LogP contribution in [0, 0.1) is 0 Å². The molecule has 0 saturated carbocycles. The fourth-order valence-corrected chi connectivity index (χ4v) is 0.312. The fourth-order valence-electron chi connectivity index (χ4n) is 0.312. The van der Waals surface area contributed by atoms with Crippen LogP contribution in [0.1, 0.15) is 13.8 Å². The van der Waals surface area contributed by atoms with Gasteiger partial charge in [0, 0.05) is 27.3 Å². The van der Waals surface area contributed by atoms with Crippen molar-refractivity contribution in [3.8, 4) is 0 Å². The third kappa shape index (κ3) is 7.95. The topological polar surface area (TPSA) is 72.5 Å². The van der Waals surface area contributed by atoms with E-state index in [4.69, 9.17) is 10.8 Å². The van der Waals surface area contributed by atoms with Crippen molar-refractivity contribution in [3.05, 3.63) is 0 Å². The van der Waals surface area contributed by atoms with Crippen molar-refractivity contribution in [2.45, 2.75) is 19.4 Å². The van der Waals surface area contributed by atoms with Gasteiger partial charge in [0.1, 0.15) is 6.61 Å². The van der Waals surface area contributed by atoms with Gasteiger partial charge >= 0.3 is 5.97 Å². The number of nitrogens with two attached hydrogens (primary N) is 1. The van der Waals surface area contributed by atoms with Crippen LogP contribution in [0.5, 0.6) is 0 Å². The molecular weight excluding hydrogens is 240 g/mol. The minimum absolute atomic E-state index is 0. The number of esters is 1. The Morgan fingerprint density at radius 1 is 1.73 bits per heavy atom. The van der Waals surface area contributed by atoms with E-state index in [0.717, 1.165) is 0 Å². The number of hydrogen-bond donors (Lipinski definition) is 2. The Bertz CT molecular complexity index is 127. The van der Waals surface area contributed by atoms with Crippen molar-refractivity contribution < 1.29 is 35.1 Å². The summed E-state index contributed by atoms with van der Waals surface area (Å²) in [6, 6.07) is 0. The molecule has 1 unspecified atom stereocenters. The van der Waals surface area contributed by atoms with Gasteiger partial charge in [0.25, 0.3) is 0 Å². The van der Waals surface area contributed by atoms with Gasteiger partial charge in [0.2, 0.25) is 0 Å². The van der Waals surface area contributed by atoms with Crippen LogP contribution in [-0.2, 0) is 30.0 Å². The molecule has 0 spiro atoms. The van der Waals surface area contributed by atoms with Crippen LogP contribution in [0.2, 0.25) is 0 Å². The SMILES string of the molecule is CC(=O)OCC(C)(N)CO.[Pd]. The fraction of sp³-hybridized carbons (Fsp3) is 0.833. The molecule has 5 heteroatoms. The molecule has 4 nitrogen and oxygen atoms in total. The molecule has 0 aromatic rings. The van der Waals surface area contributed by atoms with Crippen LogP contribution < -0.4 is 5.73 Å². The summed E-state index contributed by atoms with van der Waals surface area (Å²) in [7, 11) is 0. The molecule has 0 rings (SSSR count). The quantitative estimate of drug-likeness (QED) is 0.513. The maximum atomic E-state index is 10.2. The van der Waals surface area contributed by atoms with E-state index in [9.17, 15) is 4.79 Å². The summed E-state index contributed by atoms with van der Waals surface area (Å²) >= 11 is 0. The van der Waals surface area contributed by atoms with E-state index in [1.807, 2.05) is 0 Å². The maximum absolute atomic E-state index is 10.2. The number of carbonyl (C=O) groups excluding carboxylic acids is 1. The monoisotopic (exact) mass is 253 g/mol. The number of rotatable bonds is 3. The number of hydrogen-bond acceptors (Lipinski definition) is 4. The van der Waals surface area contributed by atoms with E-state index < -0.39 is 5.54 Å². The Balaban J connectivity index is 0. The average Bonchev–Trinajstić information content (AvgIpc) is 1.85. The summed E-state index contributed by atoms with van der Waals surface area (Å²) in [4.78, 5) is 10.2. The summed E-state index contributed by atoms with van der Waals surface area (Å²) in [5.74, 6) is -0.384. The third-order valence-corrected chi connectivity index (χ3v) is 0.966. The van der Waals surface area contributed by atoms with Gasteiger partial charge in [-0.25, -0.2) is 0 Å². The minimum Gasteiger partial charge on any atom is -0.464 e. The Hall–Kier alpha value is 0.0523. The largest absolute Gasteiger partial charge is 0.464 e. The van der Waals surface area contributed by atoms with Gasteiger partial charge in [0.05, 0.1) is 12.1 Å². The Morgan fingerprint density at radius 2 is 2.18 bits per heavy atom. The van der Waals surface area contributed by atoms with E-state index >= 15 is 0 Å². The predicted molar refractivity (Wildman–Crippen MR) is 36.3 cm³/mol. The van der Waals surface area contributed by atoms with Crippen LogP contribution >= 0.6 is 0 Å². The van der Waals surface area contributed by atoms with Crippen LogP contribution in [0.4, 0.5) is 0 Å². The molecule has 0 amide bonds. The molecule has 1 atom stereocenters. The first-order valence-electron chi connectivity index (χ1n) is 3.01. The van der Waals surface area contributed by atoms with Gasteiger partial charge in [0.15, 0.2) is 0 Å². The maximum Gasteiger partial charge on any atom is 0.302 e. The smallest absolute Gasteiger partial charge is 0.302 e. The second-order valence-corrected chi connectivity index (χ2v) is 2.59. The predicted octanol–water partition coefficient (Wildman–Crippen LogP) is -0.743. The molecule has 0 fully saturated rings. The first kappa shape index (κ1) is 13.6. The molecule has 3 N–H and O–H groups in total. The summed E-state index contributed by atoms with van der Waals surface area (Å²) in [6.45, 7) is 2.77. The second kappa shape index (κ2) is 5.67. The van der Waals surface area contributed by atoms with Crippen molar-refractivity contribution >= 4 is 5.97 Å². The molecule has 0 heterocycles. The first-order valence-corrected chi connectivity index (χ1v) is 3.01. The molecule has 11 heavy (non-hydrogen) atoms. The zero-order valence-corrected chi connectivity index (χ0v) is 8.13. The third-order valence-electron chi connectivity index (χ3n) is 0.966. The van der Waals surface area contributed by atoms with Gasteiger partial charge < -0.3 is 15.6 Å². The molecule has 0 saturated heterocycles. The van der Waals surface area contributed by atoms with Crippen molar-refractivity contribution in [1.29, 1.82) is 0 Å². The van der Waals surface area contributed by atoms with Crippen LogP contribution in [0.15, 0.2) is 0 Å². The molecule has 0 aromatic heterocycles. The molecule has 0 aromatic carbocycles. The van der Waals surface area contributed by atoms with Crippen LogP contribution in [-0.4, -0.2) is 29.8 Å². The molecule has 0 aliphatic rings. The number of ether oxygens (including phenoxy) is 1. The van der Waals surface area contributed by atoms with Gasteiger partial charge in [-0.05, 0) is 6.92 Å². The minimum atomic E-state index is -0.814. The number of carbonyl (C=O) groups is 1. The van der Waals surface area contributed by atoms with E-state index in [2.05, 4.69) is 4.74 Å². The average molecular weight is 254 g/mol. The van der Waals surface area contributed by atoms with E-state index in [-0.39, 0.29) is 39.6 Å². The zero-order chi connectivity index (χ0) is 8.20. The summed E-state index contributed by atoms with van der Waals surface area (Å²) in [6.07, 6.45) is 0. The van der Waals surface area contributed by atoms with Gasteiger partial charge in [-0.1, -0.05) is 0 Å². The molecular formula is C6H13NO3Pd. The van der Waals surface area contributed by atoms with Crippen molar-refractivity contribution in [1.82, 2.24) is 0 Å². The summed E-state index contributed by atoms with van der Waals surface area (Å²) < 4.78 is 4.57. The summed E-state index contributed by atoms with van der Waals surface area (Å²) in [5, 5.41) is 8.59. The van der Waals surface area contributed by atoms with Crippen LogP contribution in [0.3, 0.4) is 0 Å². The normalized spacial score (nSPS) is 14.5. The Labute approximate surface area is 79.8 Å². The standard InChI is InChI=1S/C6H13NO3.Pd/c1-5(9)10-4-6(2,7)3-8;/h8H,3-4,7H2,1-2H3;. The molecule has 0 bridgehead atoms. The van der Waals surface area contributed by atoms with Gasteiger partial charge in [-0.15, -0.1) is 0 Å². The van der Waals surface area contributed by atoms with E-state index in [1.165, 1.54) is 6.92 Å². The van der Waals surface area contributed by atoms with E-state index in [1.54, 1.807) is 6.92 Å². The summed E-state index contributed by atoms with van der Waals surface area (Å²) in [5.41, 5.74) is 4.62. The Kier molecular flexibility index (Phi) is 7.03. The molecule has 0 aliphatic heterocycles. The Morgan fingerprint density at radius 3 is 2.45 bits per heavy atom. The van der Waals surface area contributed by atoms with Crippen molar-refractivity contribution in [2.75, 3.05) is 13.2 Å². The zero-order valence-electron chi connectivity index (χ0n) is 6.57. The number of aliphatic hydroxyl groups is 1. The second-order valence-electron chi connectivity index (χ2n) is 2.59.